The molecule has 1 atom stereocenters. The van der Waals surface area contributed by atoms with Gasteiger partial charge in [0.1, 0.15) is 0 Å². The van der Waals surface area contributed by atoms with Crippen LogP contribution in [0, 0.1) is 5.92 Å². The summed E-state index contributed by atoms with van der Waals surface area (Å²) in [5.74, 6) is 3.67. The van der Waals surface area contributed by atoms with Crippen LogP contribution in [0.1, 0.15) is 85.0 Å². The fourth-order valence-electron chi connectivity index (χ4n) is 2.22. The summed E-state index contributed by atoms with van der Waals surface area (Å²) in [7, 11) is 0. The number of unbranched alkanes of at least 4 members (excludes halogenated alkanes) is 6. The Labute approximate surface area is 126 Å². The van der Waals surface area contributed by atoms with Crippen LogP contribution in [0.15, 0.2) is 12.2 Å². The molecule has 0 rings (SSSR count). The Bertz CT molecular complexity index is 186. The second kappa shape index (κ2) is 16.1. The van der Waals surface area contributed by atoms with E-state index in [2.05, 4.69) is 44.7 Å². The summed E-state index contributed by atoms with van der Waals surface area (Å²) in [6, 6.07) is 0. The van der Waals surface area contributed by atoms with Crippen molar-refractivity contribution in [3.63, 3.8) is 0 Å². The van der Waals surface area contributed by atoms with Crippen molar-refractivity contribution in [1.82, 2.24) is 0 Å². The molecule has 0 saturated carbocycles. The van der Waals surface area contributed by atoms with Gasteiger partial charge in [0.2, 0.25) is 0 Å². The van der Waals surface area contributed by atoms with E-state index in [0.717, 1.165) is 5.92 Å². The minimum Gasteiger partial charge on any atom is -0.162 e. The van der Waals surface area contributed by atoms with Crippen LogP contribution in [0.4, 0.5) is 0 Å². The quantitative estimate of drug-likeness (QED) is 0.248. The number of hydrogen-bond acceptors (Lipinski definition) is 1. The molecule has 0 saturated heterocycles. The van der Waals surface area contributed by atoms with Crippen LogP contribution in [0.3, 0.4) is 0 Å². The lowest BCUT2D eigenvalue weighted by Crippen LogP contribution is -1.99. The first kappa shape index (κ1) is 19.1. The number of allylic oxidation sites excluding steroid dienone is 2. The molecule has 114 valence electrons. The van der Waals surface area contributed by atoms with E-state index in [0.29, 0.717) is 0 Å². The molecule has 19 heavy (non-hydrogen) atoms. The summed E-state index contributed by atoms with van der Waals surface area (Å²) in [5.41, 5.74) is 0. The molecule has 0 aliphatic heterocycles. The van der Waals surface area contributed by atoms with Crippen molar-refractivity contribution in [1.29, 1.82) is 0 Å². The highest BCUT2D eigenvalue weighted by Gasteiger charge is 2.01. The lowest BCUT2D eigenvalue weighted by molar-refractivity contribution is 0.531. The van der Waals surface area contributed by atoms with Crippen molar-refractivity contribution in [2.75, 3.05) is 11.5 Å². The fraction of sp³-hybridized carbons (Fsp3) is 0.889. The monoisotopic (exact) mass is 284 g/mol. The van der Waals surface area contributed by atoms with Gasteiger partial charge in [-0.15, -0.1) is 0 Å². The molecule has 0 amide bonds. The first-order valence-corrected chi connectivity index (χ1v) is 9.69. The van der Waals surface area contributed by atoms with Gasteiger partial charge >= 0.3 is 0 Å². The van der Waals surface area contributed by atoms with Gasteiger partial charge in [0, 0.05) is 0 Å². The summed E-state index contributed by atoms with van der Waals surface area (Å²) in [6.45, 7) is 6.92. The molecule has 0 aromatic carbocycles. The fourth-order valence-corrected chi connectivity index (χ4v) is 3.36. The normalized spacial score (nSPS) is 13.2. The van der Waals surface area contributed by atoms with E-state index >= 15 is 0 Å². The molecule has 0 radical (unpaired) electrons. The molecule has 0 bridgehead atoms. The Kier molecular flexibility index (Phi) is 16.2. The summed E-state index contributed by atoms with van der Waals surface area (Å²) < 4.78 is 0. The number of thioether (sulfide) groups is 1. The van der Waals surface area contributed by atoms with Crippen LogP contribution >= 0.6 is 11.8 Å². The van der Waals surface area contributed by atoms with Crippen LogP contribution < -0.4 is 0 Å². The highest BCUT2D eigenvalue weighted by molar-refractivity contribution is 7.99. The van der Waals surface area contributed by atoms with Gasteiger partial charge in [-0.1, -0.05) is 65.0 Å². The zero-order chi connectivity index (χ0) is 14.2. The Balaban J connectivity index is 3.14. The van der Waals surface area contributed by atoms with Crippen LogP contribution in [-0.2, 0) is 0 Å². The standard InChI is InChI=1S/C18H36S/c1-4-6-8-10-11-12-14-16-19-17-18(3)15-13-9-7-5-2/h6,8,18H,4-5,7,9-17H2,1-3H3/b8-6-. The van der Waals surface area contributed by atoms with Crippen molar-refractivity contribution in [2.24, 2.45) is 5.92 Å². The van der Waals surface area contributed by atoms with Gasteiger partial charge in [0.05, 0.1) is 0 Å². The minimum atomic E-state index is 0.925. The zero-order valence-corrected chi connectivity index (χ0v) is 14.4. The maximum absolute atomic E-state index is 2.43. The van der Waals surface area contributed by atoms with E-state index in [4.69, 9.17) is 0 Å². The molecule has 0 aromatic heterocycles. The van der Waals surface area contributed by atoms with Gasteiger partial charge in [-0.2, -0.15) is 11.8 Å². The lowest BCUT2D eigenvalue weighted by Gasteiger charge is -2.10. The second-order valence-corrected chi connectivity index (χ2v) is 6.91. The van der Waals surface area contributed by atoms with Gasteiger partial charge in [-0.05, 0) is 49.5 Å². The Hall–Kier alpha value is 0.0900. The van der Waals surface area contributed by atoms with Crippen LogP contribution in [0.5, 0.6) is 0 Å². The lowest BCUT2D eigenvalue weighted by atomic mass is 10.0. The maximum Gasteiger partial charge on any atom is -0.00418 e. The van der Waals surface area contributed by atoms with E-state index in [-0.39, 0.29) is 0 Å². The van der Waals surface area contributed by atoms with Gasteiger partial charge in [-0.3, -0.25) is 0 Å². The van der Waals surface area contributed by atoms with Crippen LogP contribution in [0.2, 0.25) is 0 Å². The van der Waals surface area contributed by atoms with Gasteiger partial charge < -0.3 is 0 Å². The molecule has 0 spiro atoms. The Morgan fingerprint density at radius 1 is 0.895 bits per heavy atom. The third-order valence-electron chi connectivity index (χ3n) is 3.51. The molecule has 0 N–H and O–H groups in total. The van der Waals surface area contributed by atoms with E-state index in [1.54, 1.807) is 0 Å². The Morgan fingerprint density at radius 2 is 1.68 bits per heavy atom. The van der Waals surface area contributed by atoms with Crippen molar-refractivity contribution < 1.29 is 0 Å². The molecule has 0 aliphatic carbocycles. The van der Waals surface area contributed by atoms with Gasteiger partial charge in [-0.25, -0.2) is 0 Å². The highest BCUT2D eigenvalue weighted by atomic mass is 32.2. The highest BCUT2D eigenvalue weighted by Crippen LogP contribution is 2.17. The van der Waals surface area contributed by atoms with E-state index in [1.807, 2.05) is 0 Å². The van der Waals surface area contributed by atoms with Crippen molar-refractivity contribution in [3.05, 3.63) is 12.2 Å². The largest absolute Gasteiger partial charge is 0.162 e. The molecule has 1 heteroatoms. The predicted octanol–water partition coefficient (Wildman–Crippen LogP) is 6.85. The summed E-state index contributed by atoms with van der Waals surface area (Å²) in [6.07, 6.45) is 18.4. The van der Waals surface area contributed by atoms with Crippen LogP contribution in [0.25, 0.3) is 0 Å². The molecule has 0 aromatic rings. The average molecular weight is 285 g/mol. The van der Waals surface area contributed by atoms with E-state index in [9.17, 15) is 0 Å². The smallest absolute Gasteiger partial charge is 0.00418 e. The van der Waals surface area contributed by atoms with Gasteiger partial charge in [0.25, 0.3) is 0 Å². The summed E-state index contributed by atoms with van der Waals surface area (Å²) in [5, 5.41) is 0. The zero-order valence-electron chi connectivity index (χ0n) is 13.6. The third-order valence-corrected chi connectivity index (χ3v) is 4.90. The van der Waals surface area contributed by atoms with E-state index < -0.39 is 0 Å². The number of hydrogen-bond donors (Lipinski definition) is 0. The molecule has 1 unspecified atom stereocenters. The predicted molar refractivity (Wildman–Crippen MR) is 93.1 cm³/mol. The topological polar surface area (TPSA) is 0 Å². The second-order valence-electron chi connectivity index (χ2n) is 5.76. The van der Waals surface area contributed by atoms with Crippen molar-refractivity contribution in [3.8, 4) is 0 Å². The van der Waals surface area contributed by atoms with Crippen molar-refractivity contribution >= 4 is 11.8 Å². The molecule has 0 nitrogen and oxygen atoms in total. The summed E-state index contributed by atoms with van der Waals surface area (Å²) in [4.78, 5) is 0. The van der Waals surface area contributed by atoms with E-state index in [1.165, 1.54) is 75.7 Å². The first-order valence-electron chi connectivity index (χ1n) is 8.54. The first-order chi connectivity index (χ1) is 9.31. The average Bonchev–Trinajstić information content (AvgIpc) is 2.42. The third kappa shape index (κ3) is 16.0. The Morgan fingerprint density at radius 3 is 2.42 bits per heavy atom. The summed E-state index contributed by atoms with van der Waals surface area (Å²) >= 11 is 2.18. The van der Waals surface area contributed by atoms with Gasteiger partial charge in [0.15, 0.2) is 0 Å². The van der Waals surface area contributed by atoms with Crippen LogP contribution in [-0.4, -0.2) is 11.5 Å². The van der Waals surface area contributed by atoms with Crippen molar-refractivity contribution in [2.45, 2.75) is 85.0 Å². The molecular formula is C18H36S. The molecule has 0 heterocycles. The molecular weight excluding hydrogens is 248 g/mol. The molecule has 0 aliphatic rings. The minimum absolute atomic E-state index is 0.925. The number of rotatable bonds is 14. The SMILES string of the molecule is CC/C=C\CCCCCSCC(C)CCCCCC. The molecule has 0 fully saturated rings. The maximum atomic E-state index is 2.43.